The Bertz CT molecular complexity index is 275. The van der Waals surface area contributed by atoms with Gasteiger partial charge in [-0.25, -0.2) is 4.79 Å². The van der Waals surface area contributed by atoms with Crippen molar-refractivity contribution < 1.29 is 9.59 Å². The van der Waals surface area contributed by atoms with Crippen LogP contribution in [0.25, 0.3) is 0 Å². The number of amides is 3. The van der Waals surface area contributed by atoms with E-state index in [1.807, 2.05) is 11.8 Å². The lowest BCUT2D eigenvalue weighted by molar-refractivity contribution is -0.135. The molecule has 3 amide bonds. The Hall–Kier alpha value is -1.26. The Balaban J connectivity index is 2.58. The van der Waals surface area contributed by atoms with Crippen molar-refractivity contribution in [2.24, 2.45) is 5.73 Å². The fourth-order valence-electron chi connectivity index (χ4n) is 2.51. The van der Waals surface area contributed by atoms with Gasteiger partial charge in [0.15, 0.2) is 0 Å². The van der Waals surface area contributed by atoms with Crippen LogP contribution in [0.3, 0.4) is 0 Å². The summed E-state index contributed by atoms with van der Waals surface area (Å²) in [5, 5.41) is 2.44. The van der Waals surface area contributed by atoms with Gasteiger partial charge in [-0.1, -0.05) is 19.3 Å². The monoisotopic (exact) mass is 241 g/mol. The maximum absolute atomic E-state index is 12.2. The van der Waals surface area contributed by atoms with Crippen molar-refractivity contribution in [1.29, 1.82) is 0 Å². The second-order valence-corrected chi connectivity index (χ2v) is 4.65. The first-order valence-electron chi connectivity index (χ1n) is 6.42. The third kappa shape index (κ3) is 3.91. The molecule has 0 aromatic carbocycles. The summed E-state index contributed by atoms with van der Waals surface area (Å²) in [5.74, 6) is -0.0294. The van der Waals surface area contributed by atoms with Crippen molar-refractivity contribution in [2.45, 2.75) is 58.0 Å². The number of rotatable bonds is 4. The first-order valence-corrected chi connectivity index (χ1v) is 6.42. The van der Waals surface area contributed by atoms with E-state index in [1.54, 1.807) is 6.92 Å². The Morgan fingerprint density at radius 3 is 2.41 bits per heavy atom. The SMILES string of the molecule is CCN(C(=O)C(C)NC(N)=O)C1CCCCC1. The van der Waals surface area contributed by atoms with E-state index in [0.717, 1.165) is 12.8 Å². The van der Waals surface area contributed by atoms with E-state index < -0.39 is 12.1 Å². The van der Waals surface area contributed by atoms with Crippen LogP contribution < -0.4 is 11.1 Å². The van der Waals surface area contributed by atoms with Crippen LogP contribution in [0.15, 0.2) is 0 Å². The van der Waals surface area contributed by atoms with Gasteiger partial charge in [0.25, 0.3) is 0 Å². The third-order valence-electron chi connectivity index (χ3n) is 3.37. The number of nitrogens with one attached hydrogen (secondary N) is 1. The number of hydrogen-bond acceptors (Lipinski definition) is 2. The molecule has 0 spiro atoms. The highest BCUT2D eigenvalue weighted by Crippen LogP contribution is 2.22. The predicted molar refractivity (Wildman–Crippen MR) is 66.4 cm³/mol. The number of nitrogens with zero attached hydrogens (tertiary/aromatic N) is 1. The summed E-state index contributed by atoms with van der Waals surface area (Å²) in [4.78, 5) is 24.8. The molecule has 1 fully saturated rings. The molecule has 0 aliphatic heterocycles. The zero-order valence-electron chi connectivity index (χ0n) is 10.7. The van der Waals surface area contributed by atoms with Crippen LogP contribution in [-0.4, -0.2) is 35.5 Å². The number of hydrogen-bond donors (Lipinski definition) is 2. The van der Waals surface area contributed by atoms with Gasteiger partial charge in [0.1, 0.15) is 6.04 Å². The molecule has 0 aromatic rings. The summed E-state index contributed by atoms with van der Waals surface area (Å²) in [6.45, 7) is 4.34. The molecule has 0 bridgehead atoms. The van der Waals surface area contributed by atoms with Gasteiger partial charge in [-0.3, -0.25) is 4.79 Å². The maximum Gasteiger partial charge on any atom is 0.312 e. The lowest BCUT2D eigenvalue weighted by Gasteiger charge is -2.35. The van der Waals surface area contributed by atoms with E-state index in [9.17, 15) is 9.59 Å². The van der Waals surface area contributed by atoms with Crippen LogP contribution in [0.4, 0.5) is 4.79 Å². The summed E-state index contributed by atoms with van der Waals surface area (Å²) >= 11 is 0. The van der Waals surface area contributed by atoms with Gasteiger partial charge in [-0.15, -0.1) is 0 Å². The lowest BCUT2D eigenvalue weighted by Crippen LogP contribution is -2.52. The highest BCUT2D eigenvalue weighted by Gasteiger charge is 2.27. The molecule has 1 atom stereocenters. The fourth-order valence-corrected chi connectivity index (χ4v) is 2.51. The Kier molecular flexibility index (Phi) is 5.25. The van der Waals surface area contributed by atoms with Gasteiger partial charge in [0, 0.05) is 12.6 Å². The maximum atomic E-state index is 12.2. The summed E-state index contributed by atoms with van der Waals surface area (Å²) in [7, 11) is 0. The molecule has 3 N–H and O–H groups in total. The molecule has 1 unspecified atom stereocenters. The topological polar surface area (TPSA) is 75.4 Å². The Labute approximate surface area is 103 Å². The van der Waals surface area contributed by atoms with Crippen molar-refractivity contribution in [3.63, 3.8) is 0 Å². The van der Waals surface area contributed by atoms with Crippen molar-refractivity contribution in [3.8, 4) is 0 Å². The highest BCUT2D eigenvalue weighted by molar-refractivity contribution is 5.86. The van der Waals surface area contributed by atoms with E-state index in [0.29, 0.717) is 12.6 Å². The van der Waals surface area contributed by atoms with Crippen LogP contribution in [0.5, 0.6) is 0 Å². The van der Waals surface area contributed by atoms with E-state index in [2.05, 4.69) is 5.32 Å². The van der Waals surface area contributed by atoms with Crippen molar-refractivity contribution in [2.75, 3.05) is 6.54 Å². The van der Waals surface area contributed by atoms with Gasteiger partial charge in [-0.2, -0.15) is 0 Å². The van der Waals surface area contributed by atoms with Crippen molar-refractivity contribution in [1.82, 2.24) is 10.2 Å². The molecule has 98 valence electrons. The first-order chi connectivity index (χ1) is 8.06. The number of carbonyl (C=O) groups is 2. The standard InChI is InChI=1S/C12H23N3O2/c1-3-15(10-7-5-4-6-8-10)11(16)9(2)14-12(13)17/h9-10H,3-8H2,1-2H3,(H3,13,14,17). The van der Waals surface area contributed by atoms with Gasteiger partial charge < -0.3 is 16.0 Å². The number of likely N-dealkylation sites (N-methyl/N-ethyl adjacent to an activating group) is 1. The number of urea groups is 1. The summed E-state index contributed by atoms with van der Waals surface area (Å²) in [6, 6.07) is -0.849. The minimum absolute atomic E-state index is 0.0294. The number of carbonyl (C=O) groups excluding carboxylic acids is 2. The first kappa shape index (κ1) is 13.8. The van der Waals surface area contributed by atoms with Gasteiger partial charge >= 0.3 is 6.03 Å². The molecule has 1 rings (SSSR count). The average molecular weight is 241 g/mol. The second-order valence-electron chi connectivity index (χ2n) is 4.65. The van der Waals surface area contributed by atoms with Crippen LogP contribution in [-0.2, 0) is 4.79 Å². The largest absolute Gasteiger partial charge is 0.352 e. The Morgan fingerprint density at radius 2 is 1.94 bits per heavy atom. The fraction of sp³-hybridized carbons (Fsp3) is 0.833. The third-order valence-corrected chi connectivity index (χ3v) is 3.37. The molecular formula is C12H23N3O2. The van der Waals surface area contributed by atoms with Crippen LogP contribution in [0.2, 0.25) is 0 Å². The summed E-state index contributed by atoms with van der Waals surface area (Å²) in [5.41, 5.74) is 5.03. The second kappa shape index (κ2) is 6.47. The summed E-state index contributed by atoms with van der Waals surface area (Å²) in [6.07, 6.45) is 5.78. The van der Waals surface area contributed by atoms with Crippen molar-refractivity contribution in [3.05, 3.63) is 0 Å². The van der Waals surface area contributed by atoms with E-state index in [4.69, 9.17) is 5.73 Å². The van der Waals surface area contributed by atoms with E-state index >= 15 is 0 Å². The van der Waals surface area contributed by atoms with E-state index in [1.165, 1.54) is 19.3 Å². The molecule has 0 radical (unpaired) electrons. The van der Waals surface area contributed by atoms with Gasteiger partial charge in [-0.05, 0) is 26.7 Å². The van der Waals surface area contributed by atoms with Gasteiger partial charge in [0.2, 0.25) is 5.91 Å². The molecular weight excluding hydrogens is 218 g/mol. The predicted octanol–water partition coefficient (Wildman–Crippen LogP) is 1.22. The van der Waals surface area contributed by atoms with Gasteiger partial charge in [0.05, 0.1) is 0 Å². The normalized spacial score (nSPS) is 18.5. The molecule has 5 heteroatoms. The van der Waals surface area contributed by atoms with Crippen LogP contribution in [0.1, 0.15) is 46.0 Å². The molecule has 1 saturated carbocycles. The number of primary amides is 1. The number of nitrogens with two attached hydrogens (primary N) is 1. The average Bonchev–Trinajstić information content (AvgIpc) is 2.30. The van der Waals surface area contributed by atoms with Crippen LogP contribution >= 0.6 is 0 Å². The smallest absolute Gasteiger partial charge is 0.312 e. The molecule has 0 saturated heterocycles. The van der Waals surface area contributed by atoms with Crippen LogP contribution in [0, 0.1) is 0 Å². The van der Waals surface area contributed by atoms with Crippen molar-refractivity contribution >= 4 is 11.9 Å². The molecule has 1 aliphatic rings. The quantitative estimate of drug-likeness (QED) is 0.776. The molecule has 5 nitrogen and oxygen atoms in total. The minimum atomic E-state index is -0.648. The minimum Gasteiger partial charge on any atom is -0.352 e. The van der Waals surface area contributed by atoms with E-state index in [-0.39, 0.29) is 5.91 Å². The molecule has 1 aliphatic carbocycles. The zero-order chi connectivity index (χ0) is 12.8. The Morgan fingerprint density at radius 1 is 1.35 bits per heavy atom. The molecule has 17 heavy (non-hydrogen) atoms. The lowest BCUT2D eigenvalue weighted by atomic mass is 9.94. The zero-order valence-corrected chi connectivity index (χ0v) is 10.7. The highest BCUT2D eigenvalue weighted by atomic mass is 16.2. The molecule has 0 aromatic heterocycles. The summed E-state index contributed by atoms with van der Waals surface area (Å²) < 4.78 is 0. The molecule has 0 heterocycles.